The van der Waals surface area contributed by atoms with Crippen LogP contribution in [0, 0.1) is 6.92 Å². The van der Waals surface area contributed by atoms with Crippen LogP contribution in [0.4, 0.5) is 11.5 Å². The number of amides is 1. The Hall–Kier alpha value is -4.76. The summed E-state index contributed by atoms with van der Waals surface area (Å²) in [5.41, 5.74) is 11.1. The van der Waals surface area contributed by atoms with Gasteiger partial charge in [0.05, 0.1) is 5.39 Å². The van der Waals surface area contributed by atoms with Gasteiger partial charge in [-0.05, 0) is 87.4 Å². The van der Waals surface area contributed by atoms with Crippen molar-refractivity contribution in [3.05, 3.63) is 101 Å². The molecule has 40 heavy (non-hydrogen) atoms. The van der Waals surface area contributed by atoms with Crippen LogP contribution in [0.2, 0.25) is 0 Å². The smallest absolute Gasteiger partial charge is 0.267 e. The Morgan fingerprint density at radius 2 is 1.80 bits per heavy atom. The molecule has 0 unspecified atom stereocenters. The van der Waals surface area contributed by atoms with E-state index in [-0.39, 0.29) is 11.1 Å². The molecule has 1 saturated heterocycles. The molecule has 2 aromatic carbocycles. The molecule has 1 aliphatic heterocycles. The number of benzene rings is 2. The summed E-state index contributed by atoms with van der Waals surface area (Å²) in [6, 6.07) is 18.7. The van der Waals surface area contributed by atoms with Gasteiger partial charge in [0.1, 0.15) is 23.4 Å². The number of nitrogens with two attached hydrogens (primary N) is 1. The Morgan fingerprint density at radius 3 is 2.55 bits per heavy atom. The number of fused-ring (bicyclic) bond motifs is 1. The van der Waals surface area contributed by atoms with Crippen molar-refractivity contribution in [2.24, 2.45) is 0 Å². The molecule has 3 aromatic heterocycles. The number of nitrogen functional groups attached to an aromatic ring is 1. The average molecular weight is 534 g/mol. The van der Waals surface area contributed by atoms with Crippen molar-refractivity contribution < 1.29 is 4.79 Å². The van der Waals surface area contributed by atoms with Crippen molar-refractivity contribution in [3.8, 4) is 16.8 Å². The minimum absolute atomic E-state index is 0.0687. The number of carbonyl (C=O) groups excluding carboxylic acids is 1. The maximum atomic E-state index is 13.1. The number of pyridine rings is 1. The number of hydrogen-bond acceptors (Lipinski definition) is 6. The maximum absolute atomic E-state index is 13.1. The summed E-state index contributed by atoms with van der Waals surface area (Å²) in [4.78, 5) is 37.4. The van der Waals surface area contributed by atoms with Crippen LogP contribution in [0.3, 0.4) is 0 Å². The molecule has 0 aliphatic carbocycles. The van der Waals surface area contributed by atoms with Gasteiger partial charge in [-0.1, -0.05) is 24.3 Å². The molecule has 0 saturated carbocycles. The lowest BCUT2D eigenvalue weighted by Gasteiger charge is -2.30. The van der Waals surface area contributed by atoms with E-state index in [9.17, 15) is 9.59 Å². The summed E-state index contributed by atoms with van der Waals surface area (Å²) >= 11 is 0. The second-order valence-electron chi connectivity index (χ2n) is 10.4. The summed E-state index contributed by atoms with van der Waals surface area (Å²) in [5.74, 6) is -0.0192. The Morgan fingerprint density at radius 1 is 1.02 bits per heavy atom. The molecular formula is C31H31N7O2. The number of aryl methyl sites for hydroxylation is 1. The van der Waals surface area contributed by atoms with Crippen molar-refractivity contribution in [2.75, 3.05) is 31.2 Å². The third-order valence-electron chi connectivity index (χ3n) is 7.65. The number of hydrogen-bond donors (Lipinski definition) is 2. The Kier molecular flexibility index (Phi) is 6.65. The monoisotopic (exact) mass is 533 g/mol. The minimum Gasteiger partial charge on any atom is -0.383 e. The fourth-order valence-electron chi connectivity index (χ4n) is 5.46. The van der Waals surface area contributed by atoms with E-state index < -0.39 is 5.91 Å². The van der Waals surface area contributed by atoms with Crippen LogP contribution < -0.4 is 16.6 Å². The highest BCUT2D eigenvalue weighted by Gasteiger charge is 2.23. The topological polar surface area (TPSA) is 111 Å². The molecule has 0 bridgehead atoms. The Balaban J connectivity index is 1.27. The first-order chi connectivity index (χ1) is 19.4. The van der Waals surface area contributed by atoms with Gasteiger partial charge in [-0.3, -0.25) is 14.2 Å². The van der Waals surface area contributed by atoms with Crippen LogP contribution in [0.25, 0.3) is 27.8 Å². The standard InChI is InChI=1S/C31H31N7O2/c1-20-5-3-6-24(17-20)37-14-4-7-25(31(37)40)30(39)35-22-10-8-21(9-11-22)26-18-38(23-12-15-36(2)16-13-23)29-27(26)28(32)33-19-34-29/h3-11,14,17-19,23H,12-13,15-16H2,1-2H3,(H,35,39)(H2,32,33,34). The second-order valence-corrected chi connectivity index (χ2v) is 10.4. The molecule has 4 heterocycles. The molecule has 9 nitrogen and oxygen atoms in total. The quantitative estimate of drug-likeness (QED) is 0.340. The van der Waals surface area contributed by atoms with Crippen LogP contribution in [0.15, 0.2) is 84.2 Å². The largest absolute Gasteiger partial charge is 0.383 e. The van der Waals surface area contributed by atoms with Crippen molar-refractivity contribution in [3.63, 3.8) is 0 Å². The van der Waals surface area contributed by atoms with E-state index in [0.29, 0.717) is 23.2 Å². The zero-order chi connectivity index (χ0) is 27.8. The molecule has 9 heteroatoms. The third kappa shape index (κ3) is 4.76. The molecular weight excluding hydrogens is 502 g/mol. The van der Waals surface area contributed by atoms with Gasteiger partial charge in [0.2, 0.25) is 0 Å². The lowest BCUT2D eigenvalue weighted by molar-refractivity contribution is 0.102. The summed E-state index contributed by atoms with van der Waals surface area (Å²) in [7, 11) is 2.15. The molecule has 6 rings (SSSR count). The van der Waals surface area contributed by atoms with Crippen molar-refractivity contribution in [2.45, 2.75) is 25.8 Å². The molecule has 202 valence electrons. The number of nitrogens with zero attached hydrogens (tertiary/aromatic N) is 5. The zero-order valence-electron chi connectivity index (χ0n) is 22.5. The predicted molar refractivity (Wildman–Crippen MR) is 158 cm³/mol. The molecule has 3 N–H and O–H groups in total. The predicted octanol–water partition coefficient (Wildman–Crippen LogP) is 4.66. The zero-order valence-corrected chi connectivity index (χ0v) is 22.5. The van der Waals surface area contributed by atoms with Gasteiger partial charge in [0.25, 0.3) is 11.5 Å². The number of anilines is 2. The third-order valence-corrected chi connectivity index (χ3v) is 7.65. The number of rotatable bonds is 5. The summed E-state index contributed by atoms with van der Waals surface area (Å²) in [6.45, 7) is 4.03. The van der Waals surface area contributed by atoms with Gasteiger partial charge in [-0.2, -0.15) is 0 Å². The molecule has 1 fully saturated rings. The Bertz CT molecular complexity index is 1760. The highest BCUT2D eigenvalue weighted by Crippen LogP contribution is 2.36. The summed E-state index contributed by atoms with van der Waals surface area (Å²) in [6.07, 6.45) is 7.39. The Labute approximate surface area is 231 Å². The van der Waals surface area contributed by atoms with Crippen molar-refractivity contribution in [1.82, 2.24) is 24.0 Å². The van der Waals surface area contributed by atoms with Crippen molar-refractivity contribution >= 4 is 28.4 Å². The van der Waals surface area contributed by atoms with Gasteiger partial charge < -0.3 is 20.5 Å². The van der Waals surface area contributed by atoms with Gasteiger partial charge in [0, 0.05) is 35.4 Å². The second kappa shape index (κ2) is 10.4. The van der Waals surface area contributed by atoms with Crippen LogP contribution in [0.1, 0.15) is 34.8 Å². The van der Waals surface area contributed by atoms with Crippen molar-refractivity contribution in [1.29, 1.82) is 0 Å². The van der Waals surface area contributed by atoms with E-state index in [1.165, 1.54) is 10.9 Å². The molecule has 0 radical (unpaired) electrons. The number of piperidine rings is 1. The van der Waals surface area contributed by atoms with E-state index in [4.69, 9.17) is 5.73 Å². The molecule has 1 amide bonds. The average Bonchev–Trinajstić information content (AvgIpc) is 3.35. The van der Waals surface area contributed by atoms with Gasteiger partial charge in [-0.25, -0.2) is 9.97 Å². The first-order valence-corrected chi connectivity index (χ1v) is 13.4. The van der Waals surface area contributed by atoms with Gasteiger partial charge in [-0.15, -0.1) is 0 Å². The van der Waals surface area contributed by atoms with Crippen LogP contribution >= 0.6 is 0 Å². The fraction of sp³-hybridized carbons (Fsp3) is 0.226. The number of aromatic nitrogens is 4. The molecule has 0 atom stereocenters. The lowest BCUT2D eigenvalue weighted by atomic mass is 10.1. The van der Waals surface area contributed by atoms with Crippen LogP contribution in [-0.2, 0) is 0 Å². The summed E-state index contributed by atoms with van der Waals surface area (Å²) in [5, 5.41) is 3.70. The fourth-order valence-corrected chi connectivity index (χ4v) is 5.46. The SMILES string of the molecule is Cc1cccc(-n2cccc(C(=O)Nc3ccc(-c4cn(C5CCN(C)CC5)c5ncnc(N)c45)cc3)c2=O)c1. The van der Waals surface area contributed by atoms with E-state index in [2.05, 4.69) is 38.0 Å². The van der Waals surface area contributed by atoms with Gasteiger partial charge >= 0.3 is 0 Å². The molecule has 0 spiro atoms. The molecule has 5 aromatic rings. The first-order valence-electron chi connectivity index (χ1n) is 13.4. The number of carbonyl (C=O) groups is 1. The van der Waals surface area contributed by atoms with Crippen LogP contribution in [-0.4, -0.2) is 50.0 Å². The highest BCUT2D eigenvalue weighted by molar-refractivity contribution is 6.04. The normalized spacial score (nSPS) is 14.4. The maximum Gasteiger partial charge on any atom is 0.267 e. The lowest BCUT2D eigenvalue weighted by Crippen LogP contribution is -2.31. The van der Waals surface area contributed by atoms with Crippen LogP contribution in [0.5, 0.6) is 0 Å². The molecule has 1 aliphatic rings. The van der Waals surface area contributed by atoms with E-state index in [1.807, 2.05) is 55.5 Å². The first kappa shape index (κ1) is 25.5. The van der Waals surface area contributed by atoms with E-state index in [1.54, 1.807) is 18.3 Å². The van der Waals surface area contributed by atoms with E-state index in [0.717, 1.165) is 53.7 Å². The minimum atomic E-state index is -0.462. The van der Waals surface area contributed by atoms with E-state index >= 15 is 0 Å². The number of nitrogens with one attached hydrogen (secondary N) is 1. The number of likely N-dealkylation sites (tertiary alicyclic amines) is 1. The highest BCUT2D eigenvalue weighted by atomic mass is 16.2. The summed E-state index contributed by atoms with van der Waals surface area (Å²) < 4.78 is 3.72. The van der Waals surface area contributed by atoms with Gasteiger partial charge in [0.15, 0.2) is 0 Å².